The Morgan fingerprint density at radius 2 is 1.94 bits per heavy atom. The minimum atomic E-state index is -0.00764. The van der Waals surface area contributed by atoms with Crippen molar-refractivity contribution in [3.8, 4) is 11.6 Å². The van der Waals surface area contributed by atoms with Crippen LogP contribution >= 0.6 is 11.3 Å². The third kappa shape index (κ3) is 5.77. The van der Waals surface area contributed by atoms with Gasteiger partial charge in [-0.3, -0.25) is 14.5 Å². The fourth-order valence-electron chi connectivity index (χ4n) is 3.62. The van der Waals surface area contributed by atoms with Gasteiger partial charge in [0.05, 0.1) is 16.8 Å². The van der Waals surface area contributed by atoms with E-state index in [4.69, 9.17) is 4.74 Å². The zero-order valence-corrected chi connectivity index (χ0v) is 18.2. The van der Waals surface area contributed by atoms with Crippen LogP contribution in [0.3, 0.4) is 0 Å². The molecule has 1 fully saturated rings. The highest BCUT2D eigenvalue weighted by molar-refractivity contribution is 7.12. The average Bonchev–Trinajstić information content (AvgIpc) is 3.25. The van der Waals surface area contributed by atoms with Gasteiger partial charge in [0, 0.05) is 18.5 Å². The van der Waals surface area contributed by atoms with E-state index < -0.39 is 0 Å². The molecule has 4 rings (SSSR count). The molecule has 0 atom stereocenters. The van der Waals surface area contributed by atoms with Crippen LogP contribution in [0, 0.1) is 5.92 Å². The summed E-state index contributed by atoms with van der Waals surface area (Å²) in [5, 5.41) is 5.02. The second-order valence-electron chi connectivity index (χ2n) is 7.72. The normalized spacial score (nSPS) is 14.9. The first-order valence-corrected chi connectivity index (χ1v) is 11.3. The number of hydrogen-bond donors (Lipinski definition) is 1. The molecule has 1 saturated heterocycles. The highest BCUT2D eigenvalue weighted by Crippen LogP contribution is 2.24. The zero-order valence-electron chi connectivity index (χ0n) is 17.4. The van der Waals surface area contributed by atoms with Gasteiger partial charge in [-0.05, 0) is 68.1 Å². The van der Waals surface area contributed by atoms with Crippen LogP contribution in [0.25, 0.3) is 0 Å². The Labute approximate surface area is 185 Å². The van der Waals surface area contributed by atoms with Gasteiger partial charge in [-0.2, -0.15) is 0 Å². The van der Waals surface area contributed by atoms with Gasteiger partial charge >= 0.3 is 0 Å². The highest BCUT2D eigenvalue weighted by atomic mass is 32.1. The number of ketones is 1. The topological polar surface area (TPSA) is 71.5 Å². The summed E-state index contributed by atoms with van der Waals surface area (Å²) in [6.45, 7) is 4.15. The number of para-hydroxylation sites is 1. The molecule has 1 aromatic carbocycles. The fourth-order valence-corrected chi connectivity index (χ4v) is 4.43. The van der Waals surface area contributed by atoms with Gasteiger partial charge in [-0.15, -0.1) is 11.3 Å². The lowest BCUT2D eigenvalue weighted by atomic mass is 9.95. The van der Waals surface area contributed by atoms with Gasteiger partial charge in [-0.1, -0.05) is 18.2 Å². The number of likely N-dealkylation sites (tertiary alicyclic amines) is 1. The fraction of sp³-hybridized carbons (Fsp3) is 0.292. The number of carbonyl (C=O) groups is 2. The quantitative estimate of drug-likeness (QED) is 0.530. The number of aromatic nitrogens is 1. The molecule has 3 aromatic rings. The maximum Gasteiger partial charge on any atom is 0.227 e. The van der Waals surface area contributed by atoms with Crippen LogP contribution in [0.2, 0.25) is 0 Å². The molecule has 0 spiro atoms. The predicted octanol–water partition coefficient (Wildman–Crippen LogP) is 4.99. The molecule has 7 heteroatoms. The smallest absolute Gasteiger partial charge is 0.227 e. The Morgan fingerprint density at radius 1 is 1.16 bits per heavy atom. The minimum Gasteiger partial charge on any atom is -0.439 e. The lowest BCUT2D eigenvalue weighted by Gasteiger charge is -2.31. The molecule has 0 unspecified atom stereocenters. The van der Waals surface area contributed by atoms with Crippen LogP contribution in [0.15, 0.2) is 60.1 Å². The van der Waals surface area contributed by atoms with Gasteiger partial charge < -0.3 is 10.1 Å². The number of pyridine rings is 1. The largest absolute Gasteiger partial charge is 0.439 e. The Hall–Kier alpha value is -3.03. The van der Waals surface area contributed by atoms with Crippen molar-refractivity contribution in [1.82, 2.24) is 9.88 Å². The van der Waals surface area contributed by atoms with E-state index in [1.165, 1.54) is 16.9 Å². The van der Waals surface area contributed by atoms with Crippen LogP contribution < -0.4 is 10.1 Å². The van der Waals surface area contributed by atoms with Crippen LogP contribution in [0.1, 0.15) is 35.0 Å². The standard InChI is InChI=1S/C24H25N3O3S/c1-17(28)22-13-18(16-31-22)15-27-11-9-19(10-12-27)24(29)26-20-7-8-23(25-14-20)30-21-5-3-2-4-6-21/h2-8,13-14,16,19H,9-12,15H2,1H3,(H,26,29). The van der Waals surface area contributed by atoms with Crippen molar-refractivity contribution in [2.75, 3.05) is 18.4 Å². The molecule has 3 heterocycles. The molecule has 0 radical (unpaired) electrons. The van der Waals surface area contributed by atoms with Crippen molar-refractivity contribution in [1.29, 1.82) is 0 Å². The minimum absolute atomic E-state index is 0.00764. The number of hydrogen-bond acceptors (Lipinski definition) is 6. The summed E-state index contributed by atoms with van der Waals surface area (Å²) >= 11 is 1.50. The summed E-state index contributed by atoms with van der Waals surface area (Å²) < 4.78 is 5.68. The van der Waals surface area contributed by atoms with E-state index in [0.29, 0.717) is 11.6 Å². The van der Waals surface area contributed by atoms with E-state index in [-0.39, 0.29) is 17.6 Å². The third-order valence-electron chi connectivity index (χ3n) is 5.33. The molecule has 1 N–H and O–H groups in total. The second-order valence-corrected chi connectivity index (χ2v) is 8.63. The number of nitrogens with zero attached hydrogens (tertiary/aromatic N) is 2. The molecule has 0 saturated carbocycles. The molecule has 1 amide bonds. The third-order valence-corrected chi connectivity index (χ3v) is 6.41. The van der Waals surface area contributed by atoms with Gasteiger partial charge in [-0.25, -0.2) is 4.98 Å². The van der Waals surface area contributed by atoms with Crippen molar-refractivity contribution in [3.05, 3.63) is 70.5 Å². The first-order valence-electron chi connectivity index (χ1n) is 10.4. The van der Waals surface area contributed by atoms with Gasteiger partial charge in [0.1, 0.15) is 5.75 Å². The number of piperidine rings is 1. The molecule has 1 aliphatic rings. The zero-order chi connectivity index (χ0) is 21.6. The summed E-state index contributed by atoms with van der Waals surface area (Å²) in [6.07, 6.45) is 3.25. The Bertz CT molecular complexity index is 1030. The predicted molar refractivity (Wildman–Crippen MR) is 122 cm³/mol. The van der Waals surface area contributed by atoms with E-state index >= 15 is 0 Å². The lowest BCUT2D eigenvalue weighted by molar-refractivity contribution is -0.121. The first kappa shape index (κ1) is 21.2. The van der Waals surface area contributed by atoms with Crippen LogP contribution in [-0.4, -0.2) is 34.7 Å². The van der Waals surface area contributed by atoms with Gasteiger partial charge in [0.15, 0.2) is 5.78 Å². The van der Waals surface area contributed by atoms with E-state index in [1.807, 2.05) is 47.8 Å². The SMILES string of the molecule is CC(=O)c1cc(CN2CCC(C(=O)Nc3ccc(Oc4ccccc4)nc3)CC2)cs1. The number of rotatable bonds is 7. The summed E-state index contributed by atoms with van der Waals surface area (Å²) in [7, 11) is 0. The van der Waals surface area contributed by atoms with Gasteiger partial charge in [0.25, 0.3) is 0 Å². The number of benzene rings is 1. The number of carbonyl (C=O) groups excluding carboxylic acids is 2. The summed E-state index contributed by atoms with van der Waals surface area (Å²) in [5.41, 5.74) is 1.84. The molecule has 0 bridgehead atoms. The monoisotopic (exact) mass is 435 g/mol. The Kier molecular flexibility index (Phi) is 6.74. The molecule has 1 aliphatic heterocycles. The number of thiophene rings is 1. The molecule has 31 heavy (non-hydrogen) atoms. The molecule has 160 valence electrons. The van der Waals surface area contributed by atoms with Crippen LogP contribution in [0.5, 0.6) is 11.6 Å². The van der Waals surface area contributed by atoms with E-state index in [0.717, 1.165) is 43.1 Å². The van der Waals surface area contributed by atoms with E-state index in [9.17, 15) is 9.59 Å². The maximum atomic E-state index is 12.7. The van der Waals surface area contributed by atoms with Crippen LogP contribution in [0.4, 0.5) is 5.69 Å². The maximum absolute atomic E-state index is 12.7. The van der Waals surface area contributed by atoms with Crippen molar-refractivity contribution in [3.63, 3.8) is 0 Å². The number of nitrogens with one attached hydrogen (secondary N) is 1. The second kappa shape index (κ2) is 9.85. The molecule has 2 aromatic heterocycles. The molecular weight excluding hydrogens is 410 g/mol. The van der Waals surface area contributed by atoms with Crippen molar-refractivity contribution >= 4 is 28.7 Å². The number of Topliss-reactive ketones (excluding diaryl/α,β-unsaturated/α-hetero) is 1. The van der Waals surface area contributed by atoms with Gasteiger partial charge in [0.2, 0.25) is 11.8 Å². The Morgan fingerprint density at radius 3 is 2.58 bits per heavy atom. The van der Waals surface area contributed by atoms with Crippen molar-refractivity contribution in [2.45, 2.75) is 26.3 Å². The van der Waals surface area contributed by atoms with E-state index in [1.54, 1.807) is 19.2 Å². The molecular formula is C24H25N3O3S. The van der Waals surface area contributed by atoms with Crippen molar-refractivity contribution in [2.24, 2.45) is 5.92 Å². The Balaban J connectivity index is 1.24. The number of amides is 1. The summed E-state index contributed by atoms with van der Waals surface area (Å²) in [5.74, 6) is 1.34. The number of anilines is 1. The molecule has 0 aliphatic carbocycles. The average molecular weight is 436 g/mol. The highest BCUT2D eigenvalue weighted by Gasteiger charge is 2.25. The lowest BCUT2D eigenvalue weighted by Crippen LogP contribution is -2.37. The summed E-state index contributed by atoms with van der Waals surface area (Å²) in [6, 6.07) is 15.0. The number of ether oxygens (including phenoxy) is 1. The van der Waals surface area contributed by atoms with E-state index in [2.05, 4.69) is 15.2 Å². The molecule has 6 nitrogen and oxygen atoms in total. The van der Waals surface area contributed by atoms with Crippen molar-refractivity contribution < 1.29 is 14.3 Å². The first-order chi connectivity index (χ1) is 15.1. The van der Waals surface area contributed by atoms with Crippen LogP contribution in [-0.2, 0) is 11.3 Å². The summed E-state index contributed by atoms with van der Waals surface area (Å²) in [4.78, 5) is 31.5.